The van der Waals surface area contributed by atoms with Gasteiger partial charge in [0.1, 0.15) is 11.4 Å². The van der Waals surface area contributed by atoms with Crippen molar-refractivity contribution in [2.24, 2.45) is 0 Å². The molecule has 6 heteroatoms. The number of fused-ring (bicyclic) bond motifs is 1. The molecule has 1 N–H and O–H groups in total. The first-order valence-corrected chi connectivity index (χ1v) is 6.93. The molecule has 0 unspecified atom stereocenters. The Morgan fingerprint density at radius 1 is 1.33 bits per heavy atom. The summed E-state index contributed by atoms with van der Waals surface area (Å²) in [7, 11) is 0. The quantitative estimate of drug-likeness (QED) is 0.733. The van der Waals surface area contributed by atoms with E-state index in [0.717, 1.165) is 25.7 Å². The number of aryl methyl sites for hydroxylation is 1. The molecule has 0 amide bonds. The third kappa shape index (κ3) is 2.26. The first-order chi connectivity index (χ1) is 8.72. The highest BCUT2D eigenvalue weighted by Gasteiger charge is 2.08. The molecule has 0 spiro atoms. The molecule has 0 aliphatic carbocycles. The molecule has 2 aromatic heterocycles. The van der Waals surface area contributed by atoms with Crippen LogP contribution in [0.3, 0.4) is 0 Å². The van der Waals surface area contributed by atoms with Crippen molar-refractivity contribution in [3.05, 3.63) is 40.8 Å². The van der Waals surface area contributed by atoms with E-state index < -0.39 is 0 Å². The molecular formula is C12H9BrN4S. The zero-order chi connectivity index (χ0) is 12.5. The lowest BCUT2D eigenvalue weighted by molar-refractivity contribution is 1.01. The smallest absolute Gasteiger partial charge is 0.172 e. The predicted molar refractivity (Wildman–Crippen MR) is 74.7 cm³/mol. The maximum atomic E-state index is 4.52. The normalized spacial score (nSPS) is 11.0. The molecule has 0 aliphatic rings. The Morgan fingerprint density at radius 2 is 2.22 bits per heavy atom. The van der Waals surface area contributed by atoms with Crippen LogP contribution in [-0.4, -0.2) is 19.9 Å². The molecule has 90 valence electrons. The molecule has 0 saturated carbocycles. The second-order valence-electron chi connectivity index (χ2n) is 3.84. The van der Waals surface area contributed by atoms with Crippen LogP contribution in [0.4, 0.5) is 0 Å². The van der Waals surface area contributed by atoms with Crippen molar-refractivity contribution < 1.29 is 0 Å². The SMILES string of the molecule is Cc1ccc2nc(Sc3ncncc3Br)[nH]c2c1. The lowest BCUT2D eigenvalue weighted by Gasteiger charge is -1.97. The number of hydrogen-bond acceptors (Lipinski definition) is 4. The Kier molecular flexibility index (Phi) is 3.05. The van der Waals surface area contributed by atoms with Crippen molar-refractivity contribution >= 4 is 38.7 Å². The summed E-state index contributed by atoms with van der Waals surface area (Å²) in [4.78, 5) is 15.9. The van der Waals surface area contributed by atoms with Crippen molar-refractivity contribution in [2.75, 3.05) is 0 Å². The second kappa shape index (κ2) is 4.70. The maximum absolute atomic E-state index is 4.52. The molecule has 2 heterocycles. The van der Waals surface area contributed by atoms with Gasteiger partial charge in [-0.2, -0.15) is 0 Å². The van der Waals surface area contributed by atoms with E-state index in [-0.39, 0.29) is 0 Å². The highest BCUT2D eigenvalue weighted by molar-refractivity contribution is 9.10. The van der Waals surface area contributed by atoms with Crippen molar-refractivity contribution in [1.82, 2.24) is 19.9 Å². The number of imidazole rings is 1. The number of hydrogen-bond donors (Lipinski definition) is 1. The Morgan fingerprint density at radius 3 is 3.06 bits per heavy atom. The fourth-order valence-corrected chi connectivity index (χ4v) is 2.82. The number of nitrogens with one attached hydrogen (secondary N) is 1. The molecule has 3 aromatic rings. The average Bonchev–Trinajstić information content (AvgIpc) is 2.73. The summed E-state index contributed by atoms with van der Waals surface area (Å²) >= 11 is 4.90. The molecule has 0 bridgehead atoms. The maximum Gasteiger partial charge on any atom is 0.172 e. The van der Waals surface area contributed by atoms with Crippen LogP contribution in [0.5, 0.6) is 0 Å². The summed E-state index contributed by atoms with van der Waals surface area (Å²) < 4.78 is 0.867. The zero-order valence-electron chi connectivity index (χ0n) is 9.51. The molecule has 0 aliphatic heterocycles. The minimum absolute atomic E-state index is 0.829. The number of rotatable bonds is 2. The van der Waals surface area contributed by atoms with Gasteiger partial charge in [0.25, 0.3) is 0 Å². The Labute approximate surface area is 116 Å². The van der Waals surface area contributed by atoms with Crippen LogP contribution < -0.4 is 0 Å². The molecular weight excluding hydrogens is 312 g/mol. The zero-order valence-corrected chi connectivity index (χ0v) is 11.9. The number of aromatic nitrogens is 4. The van der Waals surface area contributed by atoms with Crippen molar-refractivity contribution in [3.63, 3.8) is 0 Å². The van der Waals surface area contributed by atoms with E-state index in [2.05, 4.69) is 54.9 Å². The molecule has 3 rings (SSSR count). The number of aromatic amines is 1. The van der Waals surface area contributed by atoms with E-state index in [1.807, 2.05) is 6.07 Å². The third-order valence-corrected chi connectivity index (χ3v) is 4.19. The van der Waals surface area contributed by atoms with Gasteiger partial charge in [-0.05, 0) is 52.3 Å². The highest BCUT2D eigenvalue weighted by Crippen LogP contribution is 2.30. The van der Waals surface area contributed by atoms with Crippen molar-refractivity contribution in [2.45, 2.75) is 17.1 Å². The fourth-order valence-electron chi connectivity index (χ4n) is 1.62. The van der Waals surface area contributed by atoms with Gasteiger partial charge in [-0.3, -0.25) is 0 Å². The van der Waals surface area contributed by atoms with Crippen LogP contribution in [0.25, 0.3) is 11.0 Å². The predicted octanol–water partition coefficient (Wildman–Crippen LogP) is 3.58. The van der Waals surface area contributed by atoms with E-state index in [0.29, 0.717) is 0 Å². The van der Waals surface area contributed by atoms with E-state index in [1.165, 1.54) is 23.7 Å². The topological polar surface area (TPSA) is 54.5 Å². The van der Waals surface area contributed by atoms with Gasteiger partial charge in [-0.15, -0.1) is 0 Å². The first kappa shape index (κ1) is 11.7. The Hall–Kier alpha value is -1.40. The Bertz CT molecular complexity index is 710. The van der Waals surface area contributed by atoms with Crippen LogP contribution in [0.1, 0.15) is 5.56 Å². The van der Waals surface area contributed by atoms with Crippen LogP contribution in [0.15, 0.2) is 45.4 Å². The summed E-state index contributed by atoms with van der Waals surface area (Å²) in [6, 6.07) is 6.15. The minimum atomic E-state index is 0.829. The summed E-state index contributed by atoms with van der Waals surface area (Å²) in [6.45, 7) is 2.06. The lowest BCUT2D eigenvalue weighted by atomic mass is 10.2. The molecule has 1 aromatic carbocycles. The highest BCUT2D eigenvalue weighted by atomic mass is 79.9. The van der Waals surface area contributed by atoms with Gasteiger partial charge in [-0.25, -0.2) is 15.0 Å². The van der Waals surface area contributed by atoms with Crippen LogP contribution in [0.2, 0.25) is 0 Å². The standard InChI is InChI=1S/C12H9BrN4S/c1-7-2-3-9-10(4-7)17-12(16-9)18-11-8(13)5-14-6-15-11/h2-6H,1H3,(H,16,17). The van der Waals surface area contributed by atoms with Crippen LogP contribution in [-0.2, 0) is 0 Å². The number of H-pyrrole nitrogens is 1. The van der Waals surface area contributed by atoms with Gasteiger partial charge in [0.2, 0.25) is 0 Å². The molecule has 4 nitrogen and oxygen atoms in total. The second-order valence-corrected chi connectivity index (χ2v) is 5.67. The minimum Gasteiger partial charge on any atom is -0.333 e. The summed E-state index contributed by atoms with van der Waals surface area (Å²) in [5, 5.41) is 1.68. The van der Waals surface area contributed by atoms with Gasteiger partial charge < -0.3 is 4.98 Å². The van der Waals surface area contributed by atoms with Gasteiger partial charge in [0, 0.05) is 6.20 Å². The largest absolute Gasteiger partial charge is 0.333 e. The number of benzene rings is 1. The number of halogens is 1. The lowest BCUT2D eigenvalue weighted by Crippen LogP contribution is -1.84. The monoisotopic (exact) mass is 320 g/mol. The van der Waals surface area contributed by atoms with Gasteiger partial charge in [0.15, 0.2) is 5.16 Å². The van der Waals surface area contributed by atoms with Crippen LogP contribution in [0, 0.1) is 6.92 Å². The fraction of sp³-hybridized carbons (Fsp3) is 0.0833. The Balaban J connectivity index is 1.98. The third-order valence-electron chi connectivity index (χ3n) is 2.44. The van der Waals surface area contributed by atoms with Gasteiger partial charge >= 0.3 is 0 Å². The average molecular weight is 321 g/mol. The van der Waals surface area contributed by atoms with E-state index in [9.17, 15) is 0 Å². The molecule has 0 fully saturated rings. The van der Waals surface area contributed by atoms with E-state index in [1.54, 1.807) is 6.20 Å². The van der Waals surface area contributed by atoms with Gasteiger partial charge in [-0.1, -0.05) is 6.07 Å². The van der Waals surface area contributed by atoms with Crippen molar-refractivity contribution in [1.29, 1.82) is 0 Å². The molecule has 0 saturated heterocycles. The molecule has 0 radical (unpaired) electrons. The summed E-state index contributed by atoms with van der Waals surface area (Å²) in [5.41, 5.74) is 3.22. The summed E-state index contributed by atoms with van der Waals surface area (Å²) in [6.07, 6.45) is 3.25. The number of nitrogens with zero attached hydrogens (tertiary/aromatic N) is 3. The molecule has 18 heavy (non-hydrogen) atoms. The van der Waals surface area contributed by atoms with Crippen LogP contribution >= 0.6 is 27.7 Å². The van der Waals surface area contributed by atoms with E-state index in [4.69, 9.17) is 0 Å². The van der Waals surface area contributed by atoms with Crippen molar-refractivity contribution in [3.8, 4) is 0 Å². The first-order valence-electron chi connectivity index (χ1n) is 5.32. The summed E-state index contributed by atoms with van der Waals surface area (Å²) in [5.74, 6) is 0. The van der Waals surface area contributed by atoms with Gasteiger partial charge in [0.05, 0.1) is 15.5 Å². The molecule has 0 atom stereocenters. The van der Waals surface area contributed by atoms with E-state index >= 15 is 0 Å².